The number of hydrogen-bond acceptors (Lipinski definition) is 2. The lowest BCUT2D eigenvalue weighted by molar-refractivity contribution is 0.412. The number of nitrogens with two attached hydrogens (primary N) is 1. The zero-order chi connectivity index (χ0) is 4.28. The minimum Gasteiger partial charge on any atom is -0.511 e. The van der Waals surface area contributed by atoms with Gasteiger partial charge in [-0.15, -0.1) is 0 Å². The lowest BCUT2D eigenvalue weighted by atomic mass is 10.6. The van der Waals surface area contributed by atoms with Gasteiger partial charge in [0.25, 0.3) is 0 Å². The van der Waals surface area contributed by atoms with Gasteiger partial charge >= 0.3 is 0 Å². The molecule has 2 heteroatoms. The molecule has 0 saturated heterocycles. The van der Waals surface area contributed by atoms with Crippen LogP contribution in [0.2, 0.25) is 0 Å². The largest absolute Gasteiger partial charge is 0.511 e. The second kappa shape index (κ2) is 1.64. The molecule has 3 N–H and O–H groups in total. The molecule has 0 aromatic carbocycles. The van der Waals surface area contributed by atoms with E-state index in [0.29, 0.717) is 0 Å². The first-order valence-corrected chi connectivity index (χ1v) is 1.35. The second-order valence-corrected chi connectivity index (χ2v) is 0.808. The van der Waals surface area contributed by atoms with E-state index in [1.807, 2.05) is 0 Å². The average molecular weight is 73.1 g/mol. The molecule has 0 unspecified atom stereocenters. The van der Waals surface area contributed by atoms with Crippen molar-refractivity contribution in [2.45, 2.75) is 6.92 Å². The highest BCUT2D eigenvalue weighted by Gasteiger charge is 1.63. The van der Waals surface area contributed by atoms with Gasteiger partial charge in [0, 0.05) is 6.20 Å². The Balaban J connectivity index is 3.14. The SMILES string of the molecule is C/C(O)=C/N. The summed E-state index contributed by atoms with van der Waals surface area (Å²) >= 11 is 0. The maximum absolute atomic E-state index is 8.10. The first-order valence-electron chi connectivity index (χ1n) is 1.35. The number of aliphatic hydroxyl groups is 1. The highest BCUT2D eigenvalue weighted by atomic mass is 16.3. The van der Waals surface area contributed by atoms with Crippen molar-refractivity contribution in [3.05, 3.63) is 12.0 Å². The molecule has 0 amide bonds. The van der Waals surface area contributed by atoms with Crippen LogP contribution < -0.4 is 5.73 Å². The molecule has 5 heavy (non-hydrogen) atoms. The zero-order valence-corrected chi connectivity index (χ0v) is 3.10. The van der Waals surface area contributed by atoms with Crippen molar-refractivity contribution in [1.29, 1.82) is 0 Å². The van der Waals surface area contributed by atoms with Gasteiger partial charge in [0.2, 0.25) is 0 Å². The maximum Gasteiger partial charge on any atom is 0.105 e. The molecule has 2 nitrogen and oxygen atoms in total. The Bertz CT molecular complexity index is 44.9. The van der Waals surface area contributed by atoms with Crippen LogP contribution in [0.4, 0.5) is 0 Å². The normalized spacial score (nSPS) is 11.8. The Morgan fingerprint density at radius 1 is 2.00 bits per heavy atom. The lowest BCUT2D eigenvalue weighted by Gasteiger charge is -1.75. The van der Waals surface area contributed by atoms with Gasteiger partial charge in [-0.1, -0.05) is 0 Å². The third kappa shape index (κ3) is 3.34. The molecule has 0 atom stereocenters. The molecular formula is C3H7NO. The van der Waals surface area contributed by atoms with Gasteiger partial charge in [-0.05, 0) is 6.92 Å². The molecule has 0 rings (SSSR count). The van der Waals surface area contributed by atoms with Crippen molar-refractivity contribution in [3.63, 3.8) is 0 Å². The molecule has 0 aliphatic rings. The van der Waals surface area contributed by atoms with Gasteiger partial charge in [0.15, 0.2) is 0 Å². The summed E-state index contributed by atoms with van der Waals surface area (Å²) in [5.41, 5.74) is 4.76. The molecule has 0 aromatic heterocycles. The molecule has 30 valence electrons. The summed E-state index contributed by atoms with van der Waals surface area (Å²) in [4.78, 5) is 0. The first-order chi connectivity index (χ1) is 2.27. The second-order valence-electron chi connectivity index (χ2n) is 0.808. The topological polar surface area (TPSA) is 46.2 Å². The summed E-state index contributed by atoms with van der Waals surface area (Å²) in [6.45, 7) is 1.51. The molecule has 0 aliphatic heterocycles. The van der Waals surface area contributed by atoms with Gasteiger partial charge in [0.1, 0.15) is 5.76 Å². The predicted molar refractivity (Wildman–Crippen MR) is 20.6 cm³/mol. The van der Waals surface area contributed by atoms with Crippen molar-refractivity contribution in [3.8, 4) is 0 Å². The first kappa shape index (κ1) is 4.34. The van der Waals surface area contributed by atoms with E-state index in [4.69, 9.17) is 10.8 Å². The van der Waals surface area contributed by atoms with E-state index < -0.39 is 0 Å². The van der Waals surface area contributed by atoms with Crippen LogP contribution in [0.15, 0.2) is 12.0 Å². The quantitative estimate of drug-likeness (QED) is 0.407. The van der Waals surface area contributed by atoms with Crippen LogP contribution in [-0.4, -0.2) is 5.11 Å². The Kier molecular flexibility index (Phi) is 1.42. The van der Waals surface area contributed by atoms with Crippen LogP contribution in [0.25, 0.3) is 0 Å². The smallest absolute Gasteiger partial charge is 0.105 e. The van der Waals surface area contributed by atoms with Gasteiger partial charge in [-0.2, -0.15) is 0 Å². The van der Waals surface area contributed by atoms with E-state index in [1.165, 1.54) is 6.92 Å². The Hall–Kier alpha value is -0.660. The monoisotopic (exact) mass is 73.1 g/mol. The van der Waals surface area contributed by atoms with Gasteiger partial charge < -0.3 is 10.8 Å². The van der Waals surface area contributed by atoms with E-state index >= 15 is 0 Å². The summed E-state index contributed by atoms with van der Waals surface area (Å²) in [6.07, 6.45) is 1.14. The number of rotatable bonds is 0. The van der Waals surface area contributed by atoms with Gasteiger partial charge in [0.05, 0.1) is 0 Å². The number of hydrogen-bond donors (Lipinski definition) is 2. The van der Waals surface area contributed by atoms with Gasteiger partial charge in [-0.25, -0.2) is 0 Å². The fraction of sp³-hybridized carbons (Fsp3) is 0.333. The maximum atomic E-state index is 8.10. The molecule has 0 radical (unpaired) electrons. The fourth-order valence-electron chi connectivity index (χ4n) is 0. The van der Waals surface area contributed by atoms with Crippen LogP contribution >= 0.6 is 0 Å². The van der Waals surface area contributed by atoms with Crippen LogP contribution in [0.3, 0.4) is 0 Å². The standard InChI is InChI=1S/C3H7NO/c1-3(5)2-4/h2,5H,4H2,1H3/b3-2-. The van der Waals surface area contributed by atoms with Crippen molar-refractivity contribution in [2.24, 2.45) is 5.73 Å². The van der Waals surface area contributed by atoms with Crippen LogP contribution in [0.1, 0.15) is 6.92 Å². The molecule has 0 aliphatic carbocycles. The van der Waals surface area contributed by atoms with Crippen molar-refractivity contribution in [1.82, 2.24) is 0 Å². The molecule has 0 aromatic rings. The molecule has 0 heterocycles. The minimum atomic E-state index is 0.157. The van der Waals surface area contributed by atoms with Gasteiger partial charge in [-0.3, -0.25) is 0 Å². The summed E-state index contributed by atoms with van der Waals surface area (Å²) < 4.78 is 0. The summed E-state index contributed by atoms with van der Waals surface area (Å²) in [5, 5.41) is 8.10. The average Bonchev–Trinajstić information content (AvgIpc) is 1.38. The van der Waals surface area contributed by atoms with Crippen LogP contribution in [0, 0.1) is 0 Å². The zero-order valence-electron chi connectivity index (χ0n) is 3.10. The Morgan fingerprint density at radius 3 is 2.20 bits per heavy atom. The minimum absolute atomic E-state index is 0.157. The number of aliphatic hydroxyl groups excluding tert-OH is 1. The predicted octanol–water partition coefficient (Wildman–Crippen LogP) is 0.364. The van der Waals surface area contributed by atoms with E-state index in [1.54, 1.807) is 0 Å². The molecule has 0 bridgehead atoms. The van der Waals surface area contributed by atoms with Crippen molar-refractivity contribution < 1.29 is 5.11 Å². The Labute approximate surface area is 30.9 Å². The van der Waals surface area contributed by atoms with Crippen molar-refractivity contribution in [2.75, 3.05) is 0 Å². The highest BCUT2D eigenvalue weighted by molar-refractivity contribution is 4.78. The third-order valence-corrected chi connectivity index (χ3v) is 0.241. The molecule has 0 spiro atoms. The summed E-state index contributed by atoms with van der Waals surface area (Å²) in [7, 11) is 0. The molecule has 0 saturated carbocycles. The highest BCUT2D eigenvalue weighted by Crippen LogP contribution is 1.71. The summed E-state index contributed by atoms with van der Waals surface area (Å²) in [5.74, 6) is 0.157. The van der Waals surface area contributed by atoms with Crippen LogP contribution in [0.5, 0.6) is 0 Å². The number of allylic oxidation sites excluding steroid dienone is 1. The van der Waals surface area contributed by atoms with Crippen molar-refractivity contribution >= 4 is 0 Å². The van der Waals surface area contributed by atoms with E-state index in [2.05, 4.69) is 0 Å². The molecule has 0 fully saturated rings. The van der Waals surface area contributed by atoms with E-state index in [9.17, 15) is 0 Å². The lowest BCUT2D eigenvalue weighted by Crippen LogP contribution is -1.79. The van der Waals surface area contributed by atoms with E-state index in [-0.39, 0.29) is 5.76 Å². The van der Waals surface area contributed by atoms with Crippen LogP contribution in [-0.2, 0) is 0 Å². The van der Waals surface area contributed by atoms with E-state index in [0.717, 1.165) is 6.20 Å². The summed E-state index contributed by atoms with van der Waals surface area (Å²) in [6, 6.07) is 0. The molecular weight excluding hydrogens is 66.0 g/mol. The third-order valence-electron chi connectivity index (χ3n) is 0.241. The fourth-order valence-corrected chi connectivity index (χ4v) is 0. The Morgan fingerprint density at radius 2 is 2.20 bits per heavy atom.